The first-order chi connectivity index (χ1) is 11.0. The number of ether oxygens (including phenoxy) is 1. The highest BCUT2D eigenvalue weighted by atomic mass is 35.5. The Hall–Kier alpha value is -2.33. The molecule has 0 saturated heterocycles. The van der Waals surface area contributed by atoms with Gasteiger partial charge in [0.25, 0.3) is 5.91 Å². The first kappa shape index (κ1) is 17.0. The maximum Gasteiger partial charge on any atom is 0.277 e. The highest BCUT2D eigenvalue weighted by molar-refractivity contribution is 6.32. The maximum atomic E-state index is 11.8. The Kier molecular flexibility index (Phi) is 5.77. The largest absolute Gasteiger partial charge is 0.484 e. The van der Waals surface area contributed by atoms with Gasteiger partial charge in [-0.3, -0.25) is 4.79 Å². The second kappa shape index (κ2) is 7.79. The SMILES string of the molecule is C/C(=N/NC(=O)COc1cc(C)c(Cl)c(C)c1)c1ccccc1. The summed E-state index contributed by atoms with van der Waals surface area (Å²) in [6, 6.07) is 13.2. The number of hydrazone groups is 1. The van der Waals surface area contributed by atoms with Crippen LogP contribution in [0.4, 0.5) is 0 Å². The molecular formula is C18H19ClN2O2. The zero-order valence-corrected chi connectivity index (χ0v) is 14.1. The average molecular weight is 331 g/mol. The number of rotatable bonds is 5. The van der Waals surface area contributed by atoms with Crippen LogP contribution in [0.25, 0.3) is 0 Å². The molecule has 5 heteroatoms. The fourth-order valence-corrected chi connectivity index (χ4v) is 2.17. The van der Waals surface area contributed by atoms with Gasteiger partial charge in [0.05, 0.1) is 5.71 Å². The molecule has 0 aromatic heterocycles. The Bertz CT molecular complexity index is 704. The smallest absolute Gasteiger partial charge is 0.277 e. The molecule has 0 unspecified atom stereocenters. The molecule has 0 bridgehead atoms. The van der Waals surface area contributed by atoms with Gasteiger partial charge in [-0.25, -0.2) is 5.43 Å². The molecule has 0 radical (unpaired) electrons. The van der Waals surface area contributed by atoms with Crippen molar-refractivity contribution in [3.05, 3.63) is 64.2 Å². The van der Waals surface area contributed by atoms with Gasteiger partial charge in [-0.05, 0) is 49.6 Å². The van der Waals surface area contributed by atoms with Crippen LogP contribution in [0.2, 0.25) is 5.02 Å². The lowest BCUT2D eigenvalue weighted by Gasteiger charge is -2.09. The summed E-state index contributed by atoms with van der Waals surface area (Å²) in [5, 5.41) is 4.78. The number of benzene rings is 2. The lowest BCUT2D eigenvalue weighted by Crippen LogP contribution is -2.25. The first-order valence-corrected chi connectivity index (χ1v) is 7.63. The van der Waals surface area contributed by atoms with E-state index in [4.69, 9.17) is 16.3 Å². The predicted octanol–water partition coefficient (Wildman–Crippen LogP) is 3.88. The summed E-state index contributed by atoms with van der Waals surface area (Å²) in [4.78, 5) is 11.8. The lowest BCUT2D eigenvalue weighted by atomic mass is 10.1. The quantitative estimate of drug-likeness (QED) is 0.668. The minimum atomic E-state index is -0.314. The van der Waals surface area contributed by atoms with E-state index < -0.39 is 0 Å². The zero-order valence-electron chi connectivity index (χ0n) is 13.4. The number of carbonyl (C=O) groups excluding carboxylic acids is 1. The predicted molar refractivity (Wildman–Crippen MR) is 93.2 cm³/mol. The van der Waals surface area contributed by atoms with E-state index >= 15 is 0 Å². The topological polar surface area (TPSA) is 50.7 Å². The van der Waals surface area contributed by atoms with Crippen LogP contribution >= 0.6 is 11.6 Å². The third-order valence-electron chi connectivity index (χ3n) is 3.32. The summed E-state index contributed by atoms with van der Waals surface area (Å²) in [6.07, 6.45) is 0. The summed E-state index contributed by atoms with van der Waals surface area (Å²) < 4.78 is 5.48. The number of amides is 1. The molecular weight excluding hydrogens is 312 g/mol. The van der Waals surface area contributed by atoms with Crippen LogP contribution in [-0.4, -0.2) is 18.2 Å². The maximum absolute atomic E-state index is 11.8. The summed E-state index contributed by atoms with van der Waals surface area (Å²) in [6.45, 7) is 5.53. The van der Waals surface area contributed by atoms with E-state index in [2.05, 4.69) is 10.5 Å². The van der Waals surface area contributed by atoms with Gasteiger partial charge in [0.1, 0.15) is 5.75 Å². The van der Waals surface area contributed by atoms with E-state index in [1.54, 1.807) is 12.1 Å². The Morgan fingerprint density at radius 3 is 2.39 bits per heavy atom. The fraction of sp³-hybridized carbons (Fsp3) is 0.222. The third-order valence-corrected chi connectivity index (χ3v) is 3.92. The van der Waals surface area contributed by atoms with Crippen molar-refractivity contribution < 1.29 is 9.53 Å². The van der Waals surface area contributed by atoms with Crippen LogP contribution in [-0.2, 0) is 4.79 Å². The molecule has 2 aromatic carbocycles. The first-order valence-electron chi connectivity index (χ1n) is 7.25. The van der Waals surface area contributed by atoms with E-state index in [1.165, 1.54) is 0 Å². The van der Waals surface area contributed by atoms with Crippen molar-refractivity contribution in [3.8, 4) is 5.75 Å². The Labute approximate surface area is 141 Å². The molecule has 4 nitrogen and oxygen atoms in total. The number of aryl methyl sites for hydroxylation is 2. The monoisotopic (exact) mass is 330 g/mol. The van der Waals surface area contributed by atoms with E-state index in [9.17, 15) is 4.79 Å². The molecule has 2 aromatic rings. The van der Waals surface area contributed by atoms with Crippen LogP contribution in [0.5, 0.6) is 5.75 Å². The van der Waals surface area contributed by atoms with Gasteiger partial charge in [0, 0.05) is 5.02 Å². The second-order valence-electron chi connectivity index (χ2n) is 5.26. The average Bonchev–Trinajstić information content (AvgIpc) is 2.56. The molecule has 1 N–H and O–H groups in total. The molecule has 0 spiro atoms. The summed E-state index contributed by atoms with van der Waals surface area (Å²) >= 11 is 6.10. The number of hydrogen-bond donors (Lipinski definition) is 1. The number of nitrogens with one attached hydrogen (secondary N) is 1. The molecule has 0 aliphatic rings. The molecule has 0 atom stereocenters. The van der Waals surface area contributed by atoms with Gasteiger partial charge < -0.3 is 4.74 Å². The number of carbonyl (C=O) groups is 1. The van der Waals surface area contributed by atoms with Crippen LogP contribution in [0.1, 0.15) is 23.6 Å². The number of nitrogens with zero attached hydrogens (tertiary/aromatic N) is 1. The molecule has 0 saturated carbocycles. The van der Waals surface area contributed by atoms with Crippen molar-refractivity contribution >= 4 is 23.2 Å². The molecule has 0 heterocycles. The van der Waals surface area contributed by atoms with Gasteiger partial charge in [0.15, 0.2) is 6.61 Å². The van der Waals surface area contributed by atoms with Crippen molar-refractivity contribution in [2.75, 3.05) is 6.61 Å². The standard InChI is InChI=1S/C18H19ClN2O2/c1-12-9-16(10-13(2)18(12)19)23-11-17(22)21-20-14(3)15-7-5-4-6-8-15/h4-10H,11H2,1-3H3,(H,21,22)/b20-14-. The molecule has 120 valence electrons. The fourth-order valence-electron chi connectivity index (χ4n) is 2.06. The van der Waals surface area contributed by atoms with Crippen molar-refractivity contribution in [3.63, 3.8) is 0 Å². The van der Waals surface area contributed by atoms with E-state index in [0.29, 0.717) is 10.8 Å². The van der Waals surface area contributed by atoms with E-state index in [1.807, 2.05) is 51.1 Å². The molecule has 0 aliphatic heterocycles. The Balaban J connectivity index is 1.91. The second-order valence-corrected chi connectivity index (χ2v) is 5.64. The Morgan fingerprint density at radius 1 is 1.17 bits per heavy atom. The van der Waals surface area contributed by atoms with E-state index in [0.717, 1.165) is 22.4 Å². The summed E-state index contributed by atoms with van der Waals surface area (Å²) in [7, 11) is 0. The van der Waals surface area contributed by atoms with Crippen molar-refractivity contribution in [1.29, 1.82) is 0 Å². The minimum absolute atomic E-state index is 0.105. The minimum Gasteiger partial charge on any atom is -0.484 e. The Morgan fingerprint density at radius 2 is 1.78 bits per heavy atom. The summed E-state index contributed by atoms with van der Waals surface area (Å²) in [5.41, 5.74) is 6.01. The van der Waals surface area contributed by atoms with Crippen LogP contribution in [0.15, 0.2) is 47.6 Å². The third kappa shape index (κ3) is 4.83. The van der Waals surface area contributed by atoms with Crippen LogP contribution in [0, 0.1) is 13.8 Å². The van der Waals surface area contributed by atoms with E-state index in [-0.39, 0.29) is 12.5 Å². The summed E-state index contributed by atoms with van der Waals surface area (Å²) in [5.74, 6) is 0.300. The number of hydrogen-bond acceptors (Lipinski definition) is 3. The molecule has 1 amide bonds. The molecule has 0 aliphatic carbocycles. The van der Waals surface area contributed by atoms with Crippen molar-refractivity contribution in [2.45, 2.75) is 20.8 Å². The van der Waals surface area contributed by atoms with Crippen molar-refractivity contribution in [2.24, 2.45) is 5.10 Å². The highest BCUT2D eigenvalue weighted by Crippen LogP contribution is 2.25. The van der Waals surface area contributed by atoms with Gasteiger partial charge in [0.2, 0.25) is 0 Å². The lowest BCUT2D eigenvalue weighted by molar-refractivity contribution is -0.123. The van der Waals surface area contributed by atoms with Gasteiger partial charge in [-0.15, -0.1) is 0 Å². The zero-order chi connectivity index (χ0) is 16.8. The molecule has 0 fully saturated rings. The molecule has 23 heavy (non-hydrogen) atoms. The van der Waals surface area contributed by atoms with Crippen LogP contribution in [0.3, 0.4) is 0 Å². The van der Waals surface area contributed by atoms with Crippen molar-refractivity contribution in [1.82, 2.24) is 5.43 Å². The number of halogens is 1. The normalized spacial score (nSPS) is 11.2. The van der Waals surface area contributed by atoms with Gasteiger partial charge in [-0.1, -0.05) is 41.9 Å². The van der Waals surface area contributed by atoms with Crippen LogP contribution < -0.4 is 10.2 Å². The van der Waals surface area contributed by atoms with Gasteiger partial charge >= 0.3 is 0 Å². The highest BCUT2D eigenvalue weighted by Gasteiger charge is 2.06. The molecule has 2 rings (SSSR count). The van der Waals surface area contributed by atoms with Gasteiger partial charge in [-0.2, -0.15) is 5.10 Å².